The maximum atomic E-state index is 6.03. The summed E-state index contributed by atoms with van der Waals surface area (Å²) in [6.07, 6.45) is 0. The topological polar surface area (TPSA) is 38.9 Å². The number of hydrogen-bond donors (Lipinski definition) is 1. The zero-order chi connectivity index (χ0) is 11.0. The summed E-state index contributed by atoms with van der Waals surface area (Å²) in [5.74, 6) is 0. The highest BCUT2D eigenvalue weighted by Crippen LogP contribution is 2.37. The monoisotopic (exact) mass is 278 g/mol. The molecular weight excluding hydrogens is 275 g/mol. The van der Waals surface area contributed by atoms with Gasteiger partial charge in [0.1, 0.15) is 0 Å². The van der Waals surface area contributed by atoms with E-state index in [1.54, 1.807) is 17.5 Å². The van der Waals surface area contributed by atoms with Crippen LogP contribution in [-0.2, 0) is 0 Å². The van der Waals surface area contributed by atoms with Crippen LogP contribution in [0.1, 0.15) is 0 Å². The van der Waals surface area contributed by atoms with Crippen LogP contribution in [-0.4, -0.2) is 4.98 Å². The largest absolute Gasteiger partial charge is 0.375 e. The Labute approximate surface area is 106 Å². The van der Waals surface area contributed by atoms with E-state index in [1.165, 1.54) is 11.3 Å². The van der Waals surface area contributed by atoms with Crippen molar-refractivity contribution in [3.05, 3.63) is 32.6 Å². The SMILES string of the molecule is Nc1nc(-c2c(Cl)cc(Cl)cc2Cl)cs1. The summed E-state index contributed by atoms with van der Waals surface area (Å²) in [5, 5.41) is 3.72. The van der Waals surface area contributed by atoms with Crippen LogP contribution in [0.3, 0.4) is 0 Å². The third kappa shape index (κ3) is 2.21. The molecule has 1 heterocycles. The van der Waals surface area contributed by atoms with Crippen LogP contribution in [0, 0.1) is 0 Å². The van der Waals surface area contributed by atoms with Crippen LogP contribution in [0.5, 0.6) is 0 Å². The highest BCUT2D eigenvalue weighted by Gasteiger charge is 2.12. The third-order valence-electron chi connectivity index (χ3n) is 1.78. The van der Waals surface area contributed by atoms with Crippen LogP contribution in [0.4, 0.5) is 5.13 Å². The smallest absolute Gasteiger partial charge is 0.180 e. The fourth-order valence-corrected chi connectivity index (χ4v) is 2.75. The van der Waals surface area contributed by atoms with Gasteiger partial charge in [-0.25, -0.2) is 4.98 Å². The van der Waals surface area contributed by atoms with Crippen molar-refractivity contribution in [3.8, 4) is 11.3 Å². The molecule has 0 aliphatic carbocycles. The Morgan fingerprint density at radius 3 is 2.20 bits per heavy atom. The number of hydrogen-bond acceptors (Lipinski definition) is 3. The number of anilines is 1. The zero-order valence-corrected chi connectivity index (χ0v) is 10.4. The Morgan fingerprint density at radius 2 is 1.73 bits per heavy atom. The minimum absolute atomic E-state index is 0.470. The number of aromatic nitrogens is 1. The van der Waals surface area contributed by atoms with Crippen molar-refractivity contribution in [2.45, 2.75) is 0 Å². The molecule has 0 bridgehead atoms. The average molecular weight is 280 g/mol. The molecule has 0 amide bonds. The lowest BCUT2D eigenvalue weighted by Crippen LogP contribution is -1.85. The van der Waals surface area contributed by atoms with E-state index >= 15 is 0 Å². The van der Waals surface area contributed by atoms with Gasteiger partial charge in [0.25, 0.3) is 0 Å². The van der Waals surface area contributed by atoms with Crippen LogP contribution in [0.15, 0.2) is 17.5 Å². The van der Waals surface area contributed by atoms with Gasteiger partial charge in [-0.05, 0) is 12.1 Å². The molecule has 0 saturated heterocycles. The van der Waals surface area contributed by atoms with Crippen molar-refractivity contribution >= 4 is 51.3 Å². The van der Waals surface area contributed by atoms with Crippen LogP contribution >= 0.6 is 46.1 Å². The van der Waals surface area contributed by atoms with E-state index in [1.807, 2.05) is 0 Å². The first-order valence-electron chi connectivity index (χ1n) is 3.94. The Kier molecular flexibility index (Phi) is 3.07. The second-order valence-electron chi connectivity index (χ2n) is 2.82. The number of rotatable bonds is 1. The van der Waals surface area contributed by atoms with E-state index < -0.39 is 0 Å². The molecule has 0 radical (unpaired) electrons. The second kappa shape index (κ2) is 4.18. The number of nitrogens with zero attached hydrogens (tertiary/aromatic N) is 1. The van der Waals surface area contributed by atoms with Gasteiger partial charge in [-0.15, -0.1) is 11.3 Å². The summed E-state index contributed by atoms with van der Waals surface area (Å²) >= 11 is 19.2. The summed E-state index contributed by atoms with van der Waals surface area (Å²) in [6.45, 7) is 0. The minimum Gasteiger partial charge on any atom is -0.375 e. The Bertz CT molecular complexity index is 487. The van der Waals surface area contributed by atoms with E-state index in [9.17, 15) is 0 Å². The van der Waals surface area contributed by atoms with E-state index in [2.05, 4.69) is 4.98 Å². The predicted octanol–water partition coefficient (Wildman–Crippen LogP) is 4.35. The van der Waals surface area contributed by atoms with E-state index in [0.29, 0.717) is 31.5 Å². The second-order valence-corrected chi connectivity index (χ2v) is 4.96. The first-order chi connectivity index (χ1) is 7.08. The molecule has 0 unspecified atom stereocenters. The zero-order valence-electron chi connectivity index (χ0n) is 7.30. The summed E-state index contributed by atoms with van der Waals surface area (Å²) in [4.78, 5) is 4.12. The van der Waals surface area contributed by atoms with Gasteiger partial charge in [0.05, 0.1) is 15.7 Å². The van der Waals surface area contributed by atoms with Crippen molar-refractivity contribution in [1.82, 2.24) is 4.98 Å². The molecule has 0 aliphatic rings. The minimum atomic E-state index is 0.470. The molecule has 78 valence electrons. The molecule has 2 aromatic rings. The molecule has 1 aromatic heterocycles. The van der Waals surface area contributed by atoms with Crippen LogP contribution in [0.2, 0.25) is 15.1 Å². The van der Waals surface area contributed by atoms with Gasteiger partial charge in [0, 0.05) is 16.0 Å². The molecule has 2 rings (SSSR count). The molecule has 2 N–H and O–H groups in total. The molecular formula is C9H5Cl3N2S. The first-order valence-corrected chi connectivity index (χ1v) is 5.95. The molecule has 6 heteroatoms. The highest BCUT2D eigenvalue weighted by molar-refractivity contribution is 7.13. The summed E-state index contributed by atoms with van der Waals surface area (Å²) in [6, 6.07) is 3.25. The predicted molar refractivity (Wildman–Crippen MR) is 67.0 cm³/mol. The third-order valence-corrected chi connectivity index (χ3v) is 3.27. The number of nitrogen functional groups attached to an aromatic ring is 1. The molecule has 15 heavy (non-hydrogen) atoms. The molecule has 0 fully saturated rings. The van der Waals surface area contributed by atoms with E-state index in [0.717, 1.165) is 0 Å². The number of halogens is 3. The number of benzene rings is 1. The van der Waals surface area contributed by atoms with Gasteiger partial charge < -0.3 is 5.73 Å². The molecule has 0 saturated carbocycles. The Hall–Kier alpha value is -0.480. The van der Waals surface area contributed by atoms with Crippen molar-refractivity contribution in [2.75, 3.05) is 5.73 Å². The normalized spacial score (nSPS) is 10.6. The first kappa shape index (κ1) is 11.0. The molecule has 0 atom stereocenters. The molecule has 2 nitrogen and oxygen atoms in total. The van der Waals surface area contributed by atoms with Gasteiger partial charge in [-0.1, -0.05) is 34.8 Å². The summed E-state index contributed by atoms with van der Waals surface area (Å²) in [5.41, 5.74) is 6.87. The fraction of sp³-hybridized carbons (Fsp3) is 0. The van der Waals surface area contributed by atoms with Crippen molar-refractivity contribution in [3.63, 3.8) is 0 Å². The quantitative estimate of drug-likeness (QED) is 0.842. The van der Waals surface area contributed by atoms with Crippen molar-refractivity contribution in [1.29, 1.82) is 0 Å². The van der Waals surface area contributed by atoms with E-state index in [-0.39, 0.29) is 0 Å². The van der Waals surface area contributed by atoms with Gasteiger partial charge in [-0.2, -0.15) is 0 Å². The number of thiazole rings is 1. The van der Waals surface area contributed by atoms with Gasteiger partial charge >= 0.3 is 0 Å². The van der Waals surface area contributed by atoms with Gasteiger partial charge in [0.2, 0.25) is 0 Å². The number of nitrogens with two attached hydrogens (primary N) is 1. The van der Waals surface area contributed by atoms with Crippen molar-refractivity contribution in [2.24, 2.45) is 0 Å². The average Bonchev–Trinajstić information content (AvgIpc) is 2.49. The van der Waals surface area contributed by atoms with Gasteiger partial charge in [-0.3, -0.25) is 0 Å². The summed E-state index contributed by atoms with van der Waals surface area (Å²) < 4.78 is 0. The maximum absolute atomic E-state index is 6.03. The van der Waals surface area contributed by atoms with Crippen LogP contribution in [0.25, 0.3) is 11.3 Å². The lowest BCUT2D eigenvalue weighted by atomic mass is 10.2. The molecule has 0 spiro atoms. The molecule has 1 aromatic carbocycles. The van der Waals surface area contributed by atoms with E-state index in [4.69, 9.17) is 40.5 Å². The van der Waals surface area contributed by atoms with Gasteiger partial charge in [0.15, 0.2) is 5.13 Å². The highest BCUT2D eigenvalue weighted by atomic mass is 35.5. The summed E-state index contributed by atoms with van der Waals surface area (Å²) in [7, 11) is 0. The lowest BCUT2D eigenvalue weighted by molar-refractivity contribution is 1.41. The fourth-order valence-electron chi connectivity index (χ4n) is 1.19. The van der Waals surface area contributed by atoms with Crippen molar-refractivity contribution < 1.29 is 0 Å². The Morgan fingerprint density at radius 1 is 1.13 bits per heavy atom. The van der Waals surface area contributed by atoms with Crippen LogP contribution < -0.4 is 5.73 Å². The lowest BCUT2D eigenvalue weighted by Gasteiger charge is -2.04. The standard InChI is InChI=1S/C9H5Cl3N2S/c10-4-1-5(11)8(6(12)2-4)7-3-15-9(13)14-7/h1-3H,(H2,13,14). The molecule has 0 aliphatic heterocycles. The maximum Gasteiger partial charge on any atom is 0.180 e. The Balaban J connectivity index is 2.62.